The predicted molar refractivity (Wildman–Crippen MR) is 72.8 cm³/mol. The molecule has 1 unspecified atom stereocenters. The summed E-state index contributed by atoms with van der Waals surface area (Å²) in [7, 11) is 4.37. The minimum atomic E-state index is 0.591. The van der Waals surface area contributed by atoms with Gasteiger partial charge in [-0.15, -0.1) is 0 Å². The Morgan fingerprint density at radius 3 is 2.76 bits per heavy atom. The number of hydrogen-bond donors (Lipinski definition) is 1. The second kappa shape index (κ2) is 3.81. The van der Waals surface area contributed by atoms with E-state index >= 15 is 0 Å². The number of piperazine rings is 1. The molecule has 1 fully saturated rings. The van der Waals surface area contributed by atoms with Crippen molar-refractivity contribution in [1.29, 1.82) is 0 Å². The smallest absolute Gasteiger partial charge is 0.0628 e. The van der Waals surface area contributed by atoms with Gasteiger partial charge in [-0.2, -0.15) is 0 Å². The third-order valence-corrected chi connectivity index (χ3v) is 3.89. The molecule has 0 aromatic heterocycles. The van der Waals surface area contributed by atoms with E-state index in [9.17, 15) is 0 Å². The zero-order valence-electron chi connectivity index (χ0n) is 10.6. The van der Waals surface area contributed by atoms with Gasteiger partial charge in [-0.05, 0) is 25.2 Å². The molecule has 4 heteroatoms. The molecule has 0 amide bonds. The Kier molecular flexibility index (Phi) is 2.40. The molecule has 2 aliphatic rings. The van der Waals surface area contributed by atoms with E-state index in [1.54, 1.807) is 0 Å². The molecule has 17 heavy (non-hydrogen) atoms. The van der Waals surface area contributed by atoms with Gasteiger partial charge < -0.3 is 20.4 Å². The molecule has 3 rings (SSSR count). The van der Waals surface area contributed by atoms with Crippen molar-refractivity contribution in [3.8, 4) is 0 Å². The summed E-state index contributed by atoms with van der Waals surface area (Å²) in [6.07, 6.45) is 0. The molecular formula is C13H20N4. The summed E-state index contributed by atoms with van der Waals surface area (Å²) in [6, 6.07) is 6.84. The molecule has 92 valence electrons. The number of anilines is 3. The lowest BCUT2D eigenvalue weighted by molar-refractivity contribution is 0.265. The Bertz CT molecular complexity index is 431. The maximum Gasteiger partial charge on any atom is 0.0628 e. The fourth-order valence-electron chi connectivity index (χ4n) is 2.99. The molecule has 1 atom stereocenters. The van der Waals surface area contributed by atoms with Crippen molar-refractivity contribution in [2.45, 2.75) is 6.04 Å². The highest BCUT2D eigenvalue weighted by molar-refractivity contribution is 5.77. The van der Waals surface area contributed by atoms with Crippen molar-refractivity contribution in [3.63, 3.8) is 0 Å². The van der Waals surface area contributed by atoms with Crippen molar-refractivity contribution >= 4 is 17.1 Å². The lowest BCUT2D eigenvalue weighted by Gasteiger charge is -2.48. The fraction of sp³-hybridized carbons (Fsp3) is 0.538. The van der Waals surface area contributed by atoms with Crippen LogP contribution < -0.4 is 15.5 Å². The number of likely N-dealkylation sites (N-methyl/N-ethyl adjacent to an activating group) is 2. The van der Waals surface area contributed by atoms with Crippen LogP contribution in [0.1, 0.15) is 0 Å². The van der Waals surface area contributed by atoms with Crippen LogP contribution in [0.3, 0.4) is 0 Å². The maximum absolute atomic E-state index is 5.92. The van der Waals surface area contributed by atoms with Gasteiger partial charge in [0.05, 0.1) is 17.4 Å². The van der Waals surface area contributed by atoms with Gasteiger partial charge in [0.1, 0.15) is 0 Å². The van der Waals surface area contributed by atoms with Gasteiger partial charge in [0, 0.05) is 38.9 Å². The summed E-state index contributed by atoms with van der Waals surface area (Å²) in [4.78, 5) is 7.27. The predicted octanol–water partition coefficient (Wildman–Crippen LogP) is 0.839. The third-order valence-electron chi connectivity index (χ3n) is 3.89. The summed E-state index contributed by atoms with van der Waals surface area (Å²) in [5.74, 6) is 0. The molecule has 0 saturated carbocycles. The van der Waals surface area contributed by atoms with Crippen molar-refractivity contribution in [1.82, 2.24) is 4.90 Å². The monoisotopic (exact) mass is 232 g/mol. The number of nitrogen functional groups attached to an aromatic ring is 1. The van der Waals surface area contributed by atoms with Gasteiger partial charge in [-0.25, -0.2) is 0 Å². The van der Waals surface area contributed by atoms with E-state index < -0.39 is 0 Å². The SMILES string of the molecule is CN1CCN2c3cc(N)ccc3N(C)CC2C1. The normalized spacial score (nSPS) is 24.5. The summed E-state index contributed by atoms with van der Waals surface area (Å²) >= 11 is 0. The number of fused-ring (bicyclic) bond motifs is 3. The van der Waals surface area contributed by atoms with Gasteiger partial charge in [-0.1, -0.05) is 0 Å². The van der Waals surface area contributed by atoms with E-state index in [0.29, 0.717) is 6.04 Å². The van der Waals surface area contributed by atoms with Crippen LogP contribution in [0.5, 0.6) is 0 Å². The second-order valence-corrected chi connectivity index (χ2v) is 5.24. The highest BCUT2D eigenvalue weighted by atomic mass is 15.3. The molecule has 1 aromatic carbocycles. The van der Waals surface area contributed by atoms with Crippen LogP contribution in [0.4, 0.5) is 17.1 Å². The molecule has 4 nitrogen and oxygen atoms in total. The largest absolute Gasteiger partial charge is 0.399 e. The Labute approximate surface area is 103 Å². The summed E-state index contributed by atoms with van der Waals surface area (Å²) in [6.45, 7) is 4.47. The van der Waals surface area contributed by atoms with Crippen molar-refractivity contribution < 1.29 is 0 Å². The molecule has 1 aromatic rings. The van der Waals surface area contributed by atoms with E-state index in [-0.39, 0.29) is 0 Å². The number of benzene rings is 1. The molecule has 2 aliphatic heterocycles. The van der Waals surface area contributed by atoms with Crippen LogP contribution in [-0.2, 0) is 0 Å². The molecule has 2 heterocycles. The molecule has 2 N–H and O–H groups in total. The first-order valence-electron chi connectivity index (χ1n) is 6.21. The van der Waals surface area contributed by atoms with Gasteiger partial charge in [0.25, 0.3) is 0 Å². The fourth-order valence-corrected chi connectivity index (χ4v) is 2.99. The molecular weight excluding hydrogens is 212 g/mol. The highest BCUT2D eigenvalue weighted by Crippen LogP contribution is 2.37. The molecule has 0 bridgehead atoms. The minimum absolute atomic E-state index is 0.591. The van der Waals surface area contributed by atoms with Gasteiger partial charge in [0.2, 0.25) is 0 Å². The Hall–Kier alpha value is -1.42. The van der Waals surface area contributed by atoms with E-state index in [2.05, 4.69) is 40.9 Å². The zero-order chi connectivity index (χ0) is 12.0. The van der Waals surface area contributed by atoms with E-state index in [0.717, 1.165) is 31.9 Å². The van der Waals surface area contributed by atoms with Crippen LogP contribution in [0.15, 0.2) is 18.2 Å². The molecule has 0 radical (unpaired) electrons. The lowest BCUT2D eigenvalue weighted by Crippen LogP contribution is -2.58. The van der Waals surface area contributed by atoms with E-state index in [1.807, 2.05) is 6.07 Å². The summed E-state index contributed by atoms with van der Waals surface area (Å²) in [5.41, 5.74) is 9.39. The first-order chi connectivity index (χ1) is 8.15. The van der Waals surface area contributed by atoms with E-state index in [1.165, 1.54) is 11.4 Å². The quantitative estimate of drug-likeness (QED) is 0.672. The first-order valence-corrected chi connectivity index (χ1v) is 6.21. The lowest BCUT2D eigenvalue weighted by atomic mass is 10.0. The third kappa shape index (κ3) is 1.72. The van der Waals surface area contributed by atoms with Crippen LogP contribution >= 0.6 is 0 Å². The molecule has 0 aliphatic carbocycles. The number of nitrogens with two attached hydrogens (primary N) is 1. The number of rotatable bonds is 0. The highest BCUT2D eigenvalue weighted by Gasteiger charge is 2.32. The maximum atomic E-state index is 5.92. The van der Waals surface area contributed by atoms with Crippen LogP contribution in [0, 0.1) is 0 Å². The van der Waals surface area contributed by atoms with Crippen molar-refractivity contribution in [2.24, 2.45) is 0 Å². The molecule has 1 saturated heterocycles. The minimum Gasteiger partial charge on any atom is -0.399 e. The number of nitrogens with zero attached hydrogens (tertiary/aromatic N) is 3. The van der Waals surface area contributed by atoms with Gasteiger partial charge >= 0.3 is 0 Å². The average molecular weight is 232 g/mol. The Balaban J connectivity index is 2.01. The molecule has 0 spiro atoms. The Morgan fingerprint density at radius 1 is 1.12 bits per heavy atom. The average Bonchev–Trinajstić information content (AvgIpc) is 2.28. The van der Waals surface area contributed by atoms with Crippen molar-refractivity contribution in [2.75, 3.05) is 55.8 Å². The first kappa shape index (κ1) is 10.7. The topological polar surface area (TPSA) is 35.7 Å². The van der Waals surface area contributed by atoms with E-state index in [4.69, 9.17) is 5.73 Å². The van der Waals surface area contributed by atoms with Crippen LogP contribution in [0.2, 0.25) is 0 Å². The van der Waals surface area contributed by atoms with Crippen molar-refractivity contribution in [3.05, 3.63) is 18.2 Å². The van der Waals surface area contributed by atoms with Gasteiger partial charge in [-0.3, -0.25) is 0 Å². The Morgan fingerprint density at radius 2 is 1.94 bits per heavy atom. The summed E-state index contributed by atoms with van der Waals surface area (Å²) < 4.78 is 0. The number of hydrogen-bond acceptors (Lipinski definition) is 4. The zero-order valence-corrected chi connectivity index (χ0v) is 10.6. The summed E-state index contributed by atoms with van der Waals surface area (Å²) in [5, 5.41) is 0. The standard InChI is InChI=1S/C13H20N4/c1-15-5-6-17-11(8-15)9-16(2)12-4-3-10(14)7-13(12)17/h3-4,7,11H,5-6,8-9,14H2,1-2H3. The van der Waals surface area contributed by atoms with Crippen LogP contribution in [0.25, 0.3) is 0 Å². The van der Waals surface area contributed by atoms with Gasteiger partial charge in [0.15, 0.2) is 0 Å². The second-order valence-electron chi connectivity index (χ2n) is 5.24. The van der Waals surface area contributed by atoms with Crippen LogP contribution in [-0.4, -0.2) is 51.2 Å².